The predicted octanol–water partition coefficient (Wildman–Crippen LogP) is 1.84. The number of nitrogens with zero attached hydrogens (tertiary/aromatic N) is 5. The summed E-state index contributed by atoms with van der Waals surface area (Å²) in [4.78, 5) is 37.7. The lowest BCUT2D eigenvalue weighted by atomic mass is 10.1. The Morgan fingerprint density at radius 1 is 1.20 bits per heavy atom. The van der Waals surface area contributed by atoms with Crippen LogP contribution in [0.25, 0.3) is 0 Å². The van der Waals surface area contributed by atoms with Crippen molar-refractivity contribution in [2.75, 3.05) is 39.8 Å². The summed E-state index contributed by atoms with van der Waals surface area (Å²) < 4.78 is 0. The number of halogens is 2. The summed E-state index contributed by atoms with van der Waals surface area (Å²) in [6.45, 7) is 8.40. The predicted molar refractivity (Wildman–Crippen MR) is 117 cm³/mol. The largest absolute Gasteiger partial charge is 0.340 e. The average Bonchev–Trinajstić information content (AvgIpc) is 3.10. The van der Waals surface area contributed by atoms with Crippen LogP contribution in [0.4, 0.5) is 4.79 Å². The van der Waals surface area contributed by atoms with Gasteiger partial charge < -0.3 is 14.7 Å². The van der Waals surface area contributed by atoms with Gasteiger partial charge >= 0.3 is 6.03 Å². The van der Waals surface area contributed by atoms with E-state index in [0.29, 0.717) is 16.6 Å². The Kier molecular flexibility index (Phi) is 5.90. The summed E-state index contributed by atoms with van der Waals surface area (Å²) >= 11 is 12.3. The smallest absolute Gasteiger partial charge is 0.325 e. The molecule has 0 bridgehead atoms. The van der Waals surface area contributed by atoms with Crippen LogP contribution < -0.4 is 5.32 Å². The number of nitrogens with one attached hydrogen (secondary N) is 1. The van der Waals surface area contributed by atoms with E-state index in [2.05, 4.69) is 21.7 Å². The minimum atomic E-state index is -0.594. The molecule has 0 spiro atoms. The van der Waals surface area contributed by atoms with Crippen LogP contribution in [-0.2, 0) is 11.3 Å². The number of amides is 3. The number of hydrogen-bond donors (Lipinski definition) is 1. The molecule has 0 saturated carbocycles. The lowest BCUT2D eigenvalue weighted by molar-refractivity contribution is -0.127. The Morgan fingerprint density at radius 3 is 2.60 bits per heavy atom. The van der Waals surface area contributed by atoms with Gasteiger partial charge in [0, 0.05) is 46.3 Å². The maximum atomic E-state index is 12.8. The standard InChI is InChI=1S/C20H24Cl2N6O2/c1-3-6-26-7-9-27(10-8-26)19-23-17-16(18(29)24-20(30)25(17)2)28(19)12-13-4-5-14(21)15(22)11-13/h3-5,11,16-17H,1,6-10,12H2,2H3,(H,24,29,30). The average molecular weight is 451 g/mol. The van der Waals surface area contributed by atoms with Crippen molar-refractivity contribution in [2.24, 2.45) is 4.99 Å². The molecule has 4 rings (SSSR count). The van der Waals surface area contributed by atoms with Gasteiger partial charge in [-0.3, -0.25) is 15.0 Å². The van der Waals surface area contributed by atoms with Crippen molar-refractivity contribution in [1.29, 1.82) is 0 Å². The van der Waals surface area contributed by atoms with Crippen LogP contribution in [0.1, 0.15) is 5.56 Å². The molecular weight excluding hydrogens is 427 g/mol. The minimum Gasteiger partial charge on any atom is -0.340 e. The highest BCUT2D eigenvalue weighted by atomic mass is 35.5. The van der Waals surface area contributed by atoms with Crippen LogP contribution in [0.15, 0.2) is 35.8 Å². The van der Waals surface area contributed by atoms with Gasteiger partial charge in [-0.05, 0) is 17.7 Å². The highest BCUT2D eigenvalue weighted by Gasteiger charge is 2.49. The van der Waals surface area contributed by atoms with Gasteiger partial charge in [0.25, 0.3) is 5.91 Å². The summed E-state index contributed by atoms with van der Waals surface area (Å²) in [5, 5.41) is 3.37. The van der Waals surface area contributed by atoms with Crippen molar-refractivity contribution >= 4 is 41.1 Å². The first-order chi connectivity index (χ1) is 14.4. The molecule has 3 heterocycles. The molecule has 2 unspecified atom stereocenters. The van der Waals surface area contributed by atoms with E-state index in [4.69, 9.17) is 28.2 Å². The highest BCUT2D eigenvalue weighted by molar-refractivity contribution is 6.42. The number of urea groups is 1. The zero-order chi connectivity index (χ0) is 21.4. The lowest BCUT2D eigenvalue weighted by Crippen LogP contribution is -2.64. The third-order valence-corrected chi connectivity index (χ3v) is 6.46. The fourth-order valence-corrected chi connectivity index (χ4v) is 4.41. The van der Waals surface area contributed by atoms with E-state index in [0.717, 1.165) is 44.2 Å². The molecule has 1 aromatic rings. The Bertz CT molecular complexity index is 899. The number of guanidine groups is 1. The summed E-state index contributed by atoms with van der Waals surface area (Å²) in [6, 6.07) is 4.40. The van der Waals surface area contributed by atoms with Crippen LogP contribution in [0.3, 0.4) is 0 Å². The van der Waals surface area contributed by atoms with Crippen molar-refractivity contribution in [1.82, 2.24) is 24.9 Å². The number of imide groups is 1. The molecule has 8 nitrogen and oxygen atoms in total. The number of likely N-dealkylation sites (N-methyl/N-ethyl adjacent to an activating group) is 1. The number of piperazine rings is 1. The van der Waals surface area contributed by atoms with Crippen molar-refractivity contribution < 1.29 is 9.59 Å². The van der Waals surface area contributed by atoms with Crippen LogP contribution in [0.2, 0.25) is 10.0 Å². The van der Waals surface area contributed by atoms with E-state index in [1.165, 1.54) is 4.90 Å². The second kappa shape index (κ2) is 8.45. The first-order valence-electron chi connectivity index (χ1n) is 9.83. The molecule has 2 saturated heterocycles. The molecule has 2 atom stereocenters. The van der Waals surface area contributed by atoms with Crippen LogP contribution >= 0.6 is 23.2 Å². The summed E-state index contributed by atoms with van der Waals surface area (Å²) in [6.07, 6.45) is 1.34. The van der Waals surface area contributed by atoms with Gasteiger partial charge in [0.1, 0.15) is 0 Å². The Balaban J connectivity index is 1.62. The first-order valence-corrected chi connectivity index (χ1v) is 10.6. The van der Waals surface area contributed by atoms with Crippen molar-refractivity contribution in [3.05, 3.63) is 46.5 Å². The molecule has 10 heteroatoms. The molecule has 30 heavy (non-hydrogen) atoms. The Hall–Kier alpha value is -2.29. The fraction of sp³-hybridized carbons (Fsp3) is 0.450. The summed E-state index contributed by atoms with van der Waals surface area (Å²) in [5.41, 5.74) is 0.912. The van der Waals surface area contributed by atoms with E-state index in [1.807, 2.05) is 17.0 Å². The van der Waals surface area contributed by atoms with Crippen molar-refractivity contribution in [2.45, 2.75) is 18.8 Å². The second-order valence-electron chi connectivity index (χ2n) is 7.65. The lowest BCUT2D eigenvalue weighted by Gasteiger charge is -2.40. The molecular formula is C20H24Cl2N6O2. The van der Waals surface area contributed by atoms with Crippen molar-refractivity contribution in [3.8, 4) is 0 Å². The zero-order valence-electron chi connectivity index (χ0n) is 16.7. The molecule has 1 aromatic carbocycles. The molecule has 160 valence electrons. The Morgan fingerprint density at radius 2 is 1.93 bits per heavy atom. The number of fused-ring (bicyclic) bond motifs is 1. The molecule has 0 aromatic heterocycles. The van der Waals surface area contributed by atoms with E-state index in [1.54, 1.807) is 19.2 Å². The van der Waals surface area contributed by atoms with E-state index >= 15 is 0 Å². The van der Waals surface area contributed by atoms with Gasteiger partial charge in [0.05, 0.1) is 10.0 Å². The quantitative estimate of drug-likeness (QED) is 0.708. The number of rotatable bonds is 4. The van der Waals surface area contributed by atoms with E-state index in [-0.39, 0.29) is 5.91 Å². The number of carbonyl (C=O) groups is 2. The molecule has 3 aliphatic rings. The van der Waals surface area contributed by atoms with Gasteiger partial charge in [-0.25, -0.2) is 9.79 Å². The highest BCUT2D eigenvalue weighted by Crippen LogP contribution is 2.29. The molecule has 2 fully saturated rings. The maximum Gasteiger partial charge on any atom is 0.325 e. The molecule has 0 aliphatic carbocycles. The van der Waals surface area contributed by atoms with Crippen LogP contribution in [-0.4, -0.2) is 89.5 Å². The van der Waals surface area contributed by atoms with Gasteiger partial charge in [0.2, 0.25) is 0 Å². The summed E-state index contributed by atoms with van der Waals surface area (Å²) in [5.74, 6) is 0.387. The molecule has 0 radical (unpaired) electrons. The third kappa shape index (κ3) is 3.87. The topological polar surface area (TPSA) is 71.5 Å². The number of benzene rings is 1. The maximum absolute atomic E-state index is 12.8. The number of aliphatic imine (C=N–C) groups is 1. The van der Waals surface area contributed by atoms with Gasteiger partial charge in [0.15, 0.2) is 18.2 Å². The number of carbonyl (C=O) groups excluding carboxylic acids is 2. The second-order valence-corrected chi connectivity index (χ2v) is 8.46. The zero-order valence-corrected chi connectivity index (χ0v) is 18.2. The van der Waals surface area contributed by atoms with Crippen molar-refractivity contribution in [3.63, 3.8) is 0 Å². The third-order valence-electron chi connectivity index (χ3n) is 5.72. The van der Waals surface area contributed by atoms with Gasteiger partial charge in [-0.15, -0.1) is 6.58 Å². The fourth-order valence-electron chi connectivity index (χ4n) is 4.09. The number of hydrogen-bond acceptors (Lipinski definition) is 6. The van der Waals surface area contributed by atoms with Gasteiger partial charge in [-0.1, -0.05) is 35.3 Å². The Labute approximate surface area is 185 Å². The summed E-state index contributed by atoms with van der Waals surface area (Å²) in [7, 11) is 1.66. The molecule has 1 N–H and O–H groups in total. The first kappa shape index (κ1) is 21.0. The monoisotopic (exact) mass is 450 g/mol. The van der Waals surface area contributed by atoms with Crippen LogP contribution in [0, 0.1) is 0 Å². The van der Waals surface area contributed by atoms with Gasteiger partial charge in [-0.2, -0.15) is 0 Å². The normalized spacial score (nSPS) is 24.6. The van der Waals surface area contributed by atoms with E-state index in [9.17, 15) is 9.59 Å². The van der Waals surface area contributed by atoms with E-state index < -0.39 is 18.2 Å². The minimum absolute atomic E-state index is 0.341. The SMILES string of the molecule is C=CCN1CCN(C2=NC3C(C(=O)NC(=O)N3C)N2Cc2ccc(Cl)c(Cl)c2)CC1. The molecule has 3 aliphatic heterocycles. The molecule has 3 amide bonds. The van der Waals surface area contributed by atoms with Crippen LogP contribution in [0.5, 0.6) is 0 Å².